The van der Waals surface area contributed by atoms with Crippen LogP contribution in [0.1, 0.15) is 33.1 Å². The molecule has 0 bridgehead atoms. The zero-order chi connectivity index (χ0) is 8.81. The highest BCUT2D eigenvalue weighted by molar-refractivity contribution is 4.77. The monoisotopic (exact) mass is 170 g/mol. The Bertz CT molecular complexity index is 114. The fourth-order valence-electron chi connectivity index (χ4n) is 2.02. The number of likely N-dealkylation sites (N-methyl/N-ethyl adjacent to an activating group) is 2. The van der Waals surface area contributed by atoms with Crippen LogP contribution < -0.4 is 5.32 Å². The molecule has 1 aliphatic rings. The summed E-state index contributed by atoms with van der Waals surface area (Å²) in [6.07, 6.45) is 4.21. The van der Waals surface area contributed by atoms with Gasteiger partial charge in [0.15, 0.2) is 0 Å². The first-order valence-electron chi connectivity index (χ1n) is 5.33. The van der Waals surface area contributed by atoms with E-state index in [0.29, 0.717) is 0 Å². The normalized spacial score (nSPS) is 26.0. The van der Waals surface area contributed by atoms with Gasteiger partial charge < -0.3 is 5.32 Å². The minimum absolute atomic E-state index is 0.809. The molecule has 1 fully saturated rings. The number of nitrogens with one attached hydrogen (secondary N) is 1. The average molecular weight is 170 g/mol. The lowest BCUT2D eigenvalue weighted by Crippen LogP contribution is -2.45. The van der Waals surface area contributed by atoms with E-state index in [1.165, 1.54) is 38.9 Å². The molecule has 0 amide bonds. The summed E-state index contributed by atoms with van der Waals surface area (Å²) in [7, 11) is 0. The minimum atomic E-state index is 0.809. The van der Waals surface area contributed by atoms with Gasteiger partial charge in [0.25, 0.3) is 0 Å². The minimum Gasteiger partial charge on any atom is -0.315 e. The number of nitrogens with zero attached hydrogens (tertiary/aromatic N) is 1. The fraction of sp³-hybridized carbons (Fsp3) is 1.00. The fourth-order valence-corrected chi connectivity index (χ4v) is 2.02. The molecule has 12 heavy (non-hydrogen) atoms. The van der Waals surface area contributed by atoms with Crippen molar-refractivity contribution in [2.45, 2.75) is 39.2 Å². The molecular weight excluding hydrogens is 148 g/mol. The molecule has 0 unspecified atom stereocenters. The van der Waals surface area contributed by atoms with Crippen molar-refractivity contribution in [2.24, 2.45) is 0 Å². The van der Waals surface area contributed by atoms with Gasteiger partial charge in [0.2, 0.25) is 0 Å². The van der Waals surface area contributed by atoms with Crippen molar-refractivity contribution < 1.29 is 0 Å². The Morgan fingerprint density at radius 1 is 1.33 bits per heavy atom. The van der Waals surface area contributed by atoms with Gasteiger partial charge in [0.1, 0.15) is 0 Å². The molecule has 0 aromatic carbocycles. The maximum Gasteiger partial charge on any atom is 0.0220 e. The Kier molecular flexibility index (Phi) is 4.62. The number of likely N-dealkylation sites (tertiary alicyclic amines) is 1. The van der Waals surface area contributed by atoms with Gasteiger partial charge in [-0.2, -0.15) is 0 Å². The van der Waals surface area contributed by atoms with E-state index in [-0.39, 0.29) is 0 Å². The Balaban J connectivity index is 2.26. The summed E-state index contributed by atoms with van der Waals surface area (Å²) in [5, 5.41) is 3.44. The van der Waals surface area contributed by atoms with Crippen LogP contribution in [-0.2, 0) is 0 Å². The van der Waals surface area contributed by atoms with E-state index >= 15 is 0 Å². The van der Waals surface area contributed by atoms with Crippen molar-refractivity contribution in [1.82, 2.24) is 10.2 Å². The van der Waals surface area contributed by atoms with Gasteiger partial charge >= 0.3 is 0 Å². The van der Waals surface area contributed by atoms with Crippen molar-refractivity contribution in [1.29, 1.82) is 0 Å². The summed E-state index contributed by atoms with van der Waals surface area (Å²) < 4.78 is 0. The molecule has 2 nitrogen and oxygen atoms in total. The molecule has 0 radical (unpaired) electrons. The van der Waals surface area contributed by atoms with Gasteiger partial charge in [-0.25, -0.2) is 0 Å². The molecule has 0 spiro atoms. The van der Waals surface area contributed by atoms with Crippen LogP contribution in [0, 0.1) is 0 Å². The maximum absolute atomic E-state index is 3.44. The van der Waals surface area contributed by atoms with E-state index in [1.54, 1.807) is 0 Å². The zero-order valence-electron chi connectivity index (χ0n) is 8.47. The van der Waals surface area contributed by atoms with Gasteiger partial charge in [-0.3, -0.25) is 4.90 Å². The van der Waals surface area contributed by atoms with Gasteiger partial charge in [-0.1, -0.05) is 20.3 Å². The Labute approximate surface area is 76.3 Å². The summed E-state index contributed by atoms with van der Waals surface area (Å²) in [4.78, 5) is 2.60. The van der Waals surface area contributed by atoms with E-state index in [0.717, 1.165) is 12.6 Å². The average Bonchev–Trinajstić information content (AvgIpc) is 2.15. The lowest BCUT2D eigenvalue weighted by molar-refractivity contribution is 0.154. The smallest absolute Gasteiger partial charge is 0.0220 e. The number of rotatable bonds is 4. The number of hydrogen-bond donors (Lipinski definition) is 1. The highest BCUT2D eigenvalue weighted by Crippen LogP contribution is 2.15. The van der Waals surface area contributed by atoms with Crippen LogP contribution in [0.5, 0.6) is 0 Å². The summed E-state index contributed by atoms with van der Waals surface area (Å²) in [5.41, 5.74) is 0. The van der Waals surface area contributed by atoms with E-state index < -0.39 is 0 Å². The van der Waals surface area contributed by atoms with Crippen LogP contribution in [0.2, 0.25) is 0 Å². The van der Waals surface area contributed by atoms with Crippen molar-refractivity contribution >= 4 is 0 Å². The molecule has 0 aromatic rings. The molecular formula is C10H22N2. The van der Waals surface area contributed by atoms with Crippen LogP contribution in [0.25, 0.3) is 0 Å². The Morgan fingerprint density at radius 3 is 2.83 bits per heavy atom. The largest absolute Gasteiger partial charge is 0.315 e. The third-order valence-electron chi connectivity index (χ3n) is 2.79. The van der Waals surface area contributed by atoms with E-state index in [9.17, 15) is 0 Å². The predicted molar refractivity (Wildman–Crippen MR) is 53.4 cm³/mol. The molecule has 0 aliphatic carbocycles. The van der Waals surface area contributed by atoms with Crippen molar-refractivity contribution in [3.63, 3.8) is 0 Å². The lowest BCUT2D eigenvalue weighted by atomic mass is 10.0. The van der Waals surface area contributed by atoms with Crippen LogP contribution in [-0.4, -0.2) is 37.1 Å². The molecule has 72 valence electrons. The van der Waals surface area contributed by atoms with Gasteiger partial charge in [-0.05, 0) is 32.5 Å². The van der Waals surface area contributed by atoms with Crippen LogP contribution >= 0.6 is 0 Å². The van der Waals surface area contributed by atoms with Gasteiger partial charge in [0, 0.05) is 12.6 Å². The van der Waals surface area contributed by atoms with Crippen LogP contribution in [0.15, 0.2) is 0 Å². The molecule has 0 aromatic heterocycles. The molecule has 1 aliphatic heterocycles. The van der Waals surface area contributed by atoms with E-state index in [4.69, 9.17) is 0 Å². The zero-order valence-corrected chi connectivity index (χ0v) is 8.47. The second-order valence-corrected chi connectivity index (χ2v) is 3.59. The summed E-state index contributed by atoms with van der Waals surface area (Å²) in [6, 6.07) is 0.809. The Morgan fingerprint density at radius 2 is 2.17 bits per heavy atom. The second-order valence-electron chi connectivity index (χ2n) is 3.59. The third-order valence-corrected chi connectivity index (χ3v) is 2.79. The summed E-state index contributed by atoms with van der Waals surface area (Å²) in [5.74, 6) is 0. The molecule has 1 saturated heterocycles. The first kappa shape index (κ1) is 10.0. The van der Waals surface area contributed by atoms with Crippen LogP contribution in [0.3, 0.4) is 0 Å². The SMILES string of the molecule is CCNC[C@@H]1CCCCN1CC. The molecule has 1 heterocycles. The summed E-state index contributed by atoms with van der Waals surface area (Å²) in [6.45, 7) is 9.27. The first-order chi connectivity index (χ1) is 5.88. The quantitative estimate of drug-likeness (QED) is 0.687. The van der Waals surface area contributed by atoms with Gasteiger partial charge in [0.05, 0.1) is 0 Å². The lowest BCUT2D eigenvalue weighted by Gasteiger charge is -2.34. The first-order valence-corrected chi connectivity index (χ1v) is 5.33. The summed E-state index contributed by atoms with van der Waals surface area (Å²) >= 11 is 0. The number of hydrogen-bond acceptors (Lipinski definition) is 2. The van der Waals surface area contributed by atoms with Gasteiger partial charge in [-0.15, -0.1) is 0 Å². The number of piperidine rings is 1. The second kappa shape index (κ2) is 5.55. The van der Waals surface area contributed by atoms with E-state index in [2.05, 4.69) is 24.1 Å². The molecule has 0 saturated carbocycles. The topological polar surface area (TPSA) is 15.3 Å². The van der Waals surface area contributed by atoms with Crippen molar-refractivity contribution in [3.8, 4) is 0 Å². The van der Waals surface area contributed by atoms with Crippen molar-refractivity contribution in [2.75, 3.05) is 26.2 Å². The molecule has 1 N–H and O–H groups in total. The van der Waals surface area contributed by atoms with E-state index in [1.807, 2.05) is 0 Å². The molecule has 1 atom stereocenters. The third kappa shape index (κ3) is 2.76. The van der Waals surface area contributed by atoms with Crippen molar-refractivity contribution in [3.05, 3.63) is 0 Å². The predicted octanol–water partition coefficient (Wildman–Crippen LogP) is 1.47. The molecule has 2 heteroatoms. The highest BCUT2D eigenvalue weighted by Gasteiger charge is 2.19. The van der Waals surface area contributed by atoms with Crippen LogP contribution in [0.4, 0.5) is 0 Å². The molecule has 1 rings (SSSR count). The highest BCUT2D eigenvalue weighted by atomic mass is 15.2. The Hall–Kier alpha value is -0.0800. The maximum atomic E-state index is 3.44. The standard InChI is InChI=1S/C10H22N2/c1-3-11-9-10-7-5-6-8-12(10)4-2/h10-11H,3-9H2,1-2H3/t10-/m0/s1.